The molecule has 0 saturated carbocycles. The smallest absolute Gasteiger partial charge is 0.276 e. The Balaban J connectivity index is 1.92. The van der Waals surface area contributed by atoms with E-state index in [0.717, 1.165) is 0 Å². The fraction of sp³-hybridized carbons (Fsp3) is 0.211. The largest absolute Gasteiger partial charge is 0.497 e. The number of benzene rings is 2. The van der Waals surface area contributed by atoms with E-state index in [-0.39, 0.29) is 17.9 Å². The molecule has 0 fully saturated rings. The number of aldehydes is 1. The molecule has 9 heteroatoms. The molecule has 28 heavy (non-hydrogen) atoms. The summed E-state index contributed by atoms with van der Waals surface area (Å²) >= 11 is 0. The highest BCUT2D eigenvalue weighted by Gasteiger charge is 2.12. The maximum Gasteiger partial charge on any atom is 0.276 e. The van der Waals surface area contributed by atoms with Crippen molar-refractivity contribution < 1.29 is 33.3 Å². The van der Waals surface area contributed by atoms with Crippen molar-refractivity contribution in [2.45, 2.75) is 0 Å². The van der Waals surface area contributed by atoms with Crippen LogP contribution in [0.3, 0.4) is 0 Å². The third kappa shape index (κ3) is 5.37. The van der Waals surface area contributed by atoms with Crippen LogP contribution in [0.25, 0.3) is 0 Å². The highest BCUT2D eigenvalue weighted by molar-refractivity contribution is 5.96. The maximum absolute atomic E-state index is 12.2. The van der Waals surface area contributed by atoms with Gasteiger partial charge in [-0.3, -0.25) is 25.2 Å². The van der Waals surface area contributed by atoms with Gasteiger partial charge in [0.25, 0.3) is 11.8 Å². The van der Waals surface area contributed by atoms with Gasteiger partial charge in [-0.1, -0.05) is 0 Å². The number of rotatable bonds is 8. The number of nitrogens with one attached hydrogen (secondary N) is 2. The third-order valence-corrected chi connectivity index (χ3v) is 3.61. The predicted molar refractivity (Wildman–Crippen MR) is 99.0 cm³/mol. The highest BCUT2D eigenvalue weighted by Crippen LogP contribution is 2.27. The fourth-order valence-electron chi connectivity index (χ4n) is 2.19. The minimum absolute atomic E-state index is 0.239. The molecule has 0 bridgehead atoms. The molecule has 0 aliphatic heterocycles. The Morgan fingerprint density at radius 1 is 0.893 bits per heavy atom. The van der Waals surface area contributed by atoms with Crippen LogP contribution in [0.15, 0.2) is 36.4 Å². The quantitative estimate of drug-likeness (QED) is 0.519. The standard InChI is InChI=1S/C19H20N2O7/c1-25-14-7-13(8-15(9-14)26-2)19(24)21-20-18(23)11-28-16-5-4-12(10-22)6-17(16)27-3/h4-10H,11H2,1-3H3,(H,20,23)(H,21,24). The van der Waals surface area contributed by atoms with E-state index in [1.54, 1.807) is 6.07 Å². The highest BCUT2D eigenvalue weighted by atomic mass is 16.5. The first-order valence-electron chi connectivity index (χ1n) is 8.09. The van der Waals surface area contributed by atoms with Gasteiger partial charge in [0.2, 0.25) is 0 Å². The number of hydrogen-bond donors (Lipinski definition) is 2. The predicted octanol–water partition coefficient (Wildman–Crippen LogP) is 1.36. The van der Waals surface area contributed by atoms with Crippen LogP contribution in [0.1, 0.15) is 20.7 Å². The molecule has 2 N–H and O–H groups in total. The normalized spacial score (nSPS) is 9.82. The van der Waals surface area contributed by atoms with E-state index in [1.165, 1.54) is 51.7 Å². The van der Waals surface area contributed by atoms with Crippen LogP contribution < -0.4 is 29.8 Å². The van der Waals surface area contributed by atoms with E-state index in [9.17, 15) is 14.4 Å². The molecule has 2 rings (SSSR count). The second-order valence-corrected chi connectivity index (χ2v) is 5.42. The topological polar surface area (TPSA) is 112 Å². The van der Waals surface area contributed by atoms with E-state index in [4.69, 9.17) is 18.9 Å². The molecule has 0 aliphatic rings. The summed E-state index contributed by atoms with van der Waals surface area (Å²) in [5.74, 6) is 0.315. The van der Waals surface area contributed by atoms with Gasteiger partial charge in [-0.05, 0) is 30.3 Å². The molecular weight excluding hydrogens is 368 g/mol. The zero-order chi connectivity index (χ0) is 20.5. The molecule has 0 atom stereocenters. The zero-order valence-electron chi connectivity index (χ0n) is 15.6. The van der Waals surface area contributed by atoms with Crippen molar-refractivity contribution in [1.29, 1.82) is 0 Å². The monoisotopic (exact) mass is 388 g/mol. The summed E-state index contributed by atoms with van der Waals surface area (Å²) in [6, 6.07) is 9.14. The molecule has 148 valence electrons. The Morgan fingerprint density at radius 2 is 1.57 bits per heavy atom. The van der Waals surface area contributed by atoms with Crippen LogP contribution in [-0.2, 0) is 4.79 Å². The van der Waals surface area contributed by atoms with E-state index >= 15 is 0 Å². The number of ether oxygens (including phenoxy) is 4. The van der Waals surface area contributed by atoms with E-state index in [2.05, 4.69) is 10.9 Å². The van der Waals surface area contributed by atoms with E-state index < -0.39 is 11.8 Å². The number of carbonyl (C=O) groups excluding carboxylic acids is 3. The van der Waals surface area contributed by atoms with Crippen LogP contribution in [0, 0.1) is 0 Å². The van der Waals surface area contributed by atoms with Gasteiger partial charge in [-0.25, -0.2) is 0 Å². The van der Waals surface area contributed by atoms with Gasteiger partial charge in [-0.15, -0.1) is 0 Å². The Bertz CT molecular complexity index is 845. The number of hydrogen-bond acceptors (Lipinski definition) is 7. The number of carbonyl (C=O) groups is 3. The van der Waals surface area contributed by atoms with Gasteiger partial charge in [0.1, 0.15) is 17.8 Å². The first kappa shape index (κ1) is 20.6. The lowest BCUT2D eigenvalue weighted by molar-refractivity contribution is -0.123. The van der Waals surface area contributed by atoms with Crippen molar-refractivity contribution in [2.24, 2.45) is 0 Å². The average molecular weight is 388 g/mol. The minimum Gasteiger partial charge on any atom is -0.497 e. The molecule has 0 radical (unpaired) electrons. The van der Waals surface area contributed by atoms with Crippen molar-refractivity contribution >= 4 is 18.1 Å². The molecule has 2 aromatic carbocycles. The Labute approximate surface area is 161 Å². The fourth-order valence-corrected chi connectivity index (χ4v) is 2.19. The Kier molecular flexibility index (Phi) is 7.21. The van der Waals surface area contributed by atoms with Gasteiger partial charge in [0.15, 0.2) is 18.1 Å². The molecule has 0 aromatic heterocycles. The number of methoxy groups -OCH3 is 3. The summed E-state index contributed by atoms with van der Waals surface area (Å²) in [7, 11) is 4.34. The van der Waals surface area contributed by atoms with Crippen molar-refractivity contribution in [2.75, 3.05) is 27.9 Å². The van der Waals surface area contributed by atoms with E-state index in [0.29, 0.717) is 29.1 Å². The summed E-state index contributed by atoms with van der Waals surface area (Å²) in [4.78, 5) is 34.9. The van der Waals surface area contributed by atoms with Crippen LogP contribution in [0.5, 0.6) is 23.0 Å². The molecule has 0 saturated heterocycles. The first-order chi connectivity index (χ1) is 13.5. The first-order valence-corrected chi connectivity index (χ1v) is 8.09. The summed E-state index contributed by atoms with van der Waals surface area (Å²) in [6.45, 7) is -0.376. The van der Waals surface area contributed by atoms with Crippen LogP contribution >= 0.6 is 0 Å². The molecule has 0 unspecified atom stereocenters. The molecule has 0 spiro atoms. The third-order valence-electron chi connectivity index (χ3n) is 3.61. The van der Waals surface area contributed by atoms with Gasteiger partial charge in [0, 0.05) is 17.2 Å². The molecule has 2 amide bonds. The van der Waals surface area contributed by atoms with Gasteiger partial charge in [0.05, 0.1) is 21.3 Å². The lowest BCUT2D eigenvalue weighted by atomic mass is 10.2. The molecule has 2 aromatic rings. The number of hydrazine groups is 1. The summed E-state index contributed by atoms with van der Waals surface area (Å²) < 4.78 is 20.7. The van der Waals surface area contributed by atoms with E-state index in [1.807, 2.05) is 0 Å². The summed E-state index contributed by atoms with van der Waals surface area (Å²) in [5, 5.41) is 0. The Hall–Kier alpha value is -3.75. The average Bonchev–Trinajstić information content (AvgIpc) is 2.75. The van der Waals surface area contributed by atoms with Crippen LogP contribution in [0.2, 0.25) is 0 Å². The second-order valence-electron chi connectivity index (χ2n) is 5.42. The molecule has 9 nitrogen and oxygen atoms in total. The lowest BCUT2D eigenvalue weighted by Crippen LogP contribution is -2.43. The minimum atomic E-state index is -0.593. The van der Waals surface area contributed by atoms with Crippen LogP contribution in [-0.4, -0.2) is 46.0 Å². The maximum atomic E-state index is 12.2. The SMILES string of the molecule is COc1cc(OC)cc(C(=O)NNC(=O)COc2ccc(C=O)cc2OC)c1. The van der Waals surface area contributed by atoms with Crippen LogP contribution in [0.4, 0.5) is 0 Å². The Morgan fingerprint density at radius 3 is 2.14 bits per heavy atom. The molecule has 0 heterocycles. The van der Waals surface area contributed by atoms with Crippen molar-refractivity contribution in [3.05, 3.63) is 47.5 Å². The van der Waals surface area contributed by atoms with Crippen molar-refractivity contribution in [1.82, 2.24) is 10.9 Å². The van der Waals surface area contributed by atoms with Crippen molar-refractivity contribution in [3.63, 3.8) is 0 Å². The number of amides is 2. The van der Waals surface area contributed by atoms with Gasteiger partial charge in [-0.2, -0.15) is 0 Å². The van der Waals surface area contributed by atoms with Gasteiger partial charge < -0.3 is 18.9 Å². The van der Waals surface area contributed by atoms with Crippen molar-refractivity contribution in [3.8, 4) is 23.0 Å². The molecule has 0 aliphatic carbocycles. The van der Waals surface area contributed by atoms with Gasteiger partial charge >= 0.3 is 0 Å². The lowest BCUT2D eigenvalue weighted by Gasteiger charge is -2.12. The zero-order valence-corrected chi connectivity index (χ0v) is 15.6. The summed E-state index contributed by atoms with van der Waals surface area (Å²) in [6.07, 6.45) is 0.669. The summed E-state index contributed by atoms with van der Waals surface area (Å²) in [5.41, 5.74) is 5.17. The molecular formula is C19H20N2O7. The second kappa shape index (κ2) is 9.81.